The van der Waals surface area contributed by atoms with Crippen LogP contribution in [0.25, 0.3) is 0 Å². The Morgan fingerprint density at radius 2 is 1.79 bits per heavy atom. The van der Waals surface area contributed by atoms with Crippen LogP contribution in [0, 0.1) is 20.8 Å². The fourth-order valence-corrected chi connectivity index (χ4v) is 3.43. The molecule has 1 aromatic heterocycles. The lowest BCUT2D eigenvalue weighted by Crippen LogP contribution is -2.23. The highest BCUT2D eigenvalue weighted by Crippen LogP contribution is 2.41. The smallest absolute Gasteiger partial charge is 0.128 e. The Hall–Kier alpha value is -1.32. The normalized spacial score (nSPS) is 14.2. The average Bonchev–Trinajstić information content (AvgIpc) is 2.79. The summed E-state index contributed by atoms with van der Waals surface area (Å²) in [4.78, 5) is 0.967. The lowest BCUT2D eigenvalue weighted by molar-refractivity contribution is 0.102. The second kappa shape index (κ2) is 4.99. The summed E-state index contributed by atoms with van der Waals surface area (Å²) in [5.74, 6) is 0.776. The molecule has 0 bridgehead atoms. The first-order chi connectivity index (χ1) is 8.89. The molecule has 0 radical (unpaired) electrons. The highest BCUT2D eigenvalue weighted by molar-refractivity contribution is 7.10. The van der Waals surface area contributed by atoms with Gasteiger partial charge in [-0.3, -0.25) is 0 Å². The number of aliphatic hydroxyl groups is 1. The second-order valence-corrected chi connectivity index (χ2v) is 6.01. The number of thiophene rings is 1. The van der Waals surface area contributed by atoms with E-state index >= 15 is 0 Å². The average molecular weight is 276 g/mol. The summed E-state index contributed by atoms with van der Waals surface area (Å²) in [5, 5.41) is 13.0. The monoisotopic (exact) mass is 276 g/mol. The van der Waals surface area contributed by atoms with Gasteiger partial charge in [0.25, 0.3) is 0 Å². The van der Waals surface area contributed by atoms with Crippen LogP contribution in [0.15, 0.2) is 23.6 Å². The standard InChI is InChI=1S/C16H20O2S/c1-10-6-7-13(14(18-5)12(10)3)16(4,17)15-11(2)8-9-19-15/h6-9,17H,1-5H3. The Balaban J connectivity index is 2.65. The van der Waals surface area contributed by atoms with E-state index in [1.807, 2.05) is 51.3 Å². The van der Waals surface area contributed by atoms with E-state index in [0.717, 1.165) is 27.3 Å². The number of rotatable bonds is 3. The molecule has 0 amide bonds. The van der Waals surface area contributed by atoms with Gasteiger partial charge < -0.3 is 9.84 Å². The van der Waals surface area contributed by atoms with E-state index in [1.54, 1.807) is 18.4 Å². The van der Waals surface area contributed by atoms with E-state index < -0.39 is 5.60 Å². The molecule has 3 heteroatoms. The van der Waals surface area contributed by atoms with E-state index in [4.69, 9.17) is 4.74 Å². The lowest BCUT2D eigenvalue weighted by Gasteiger charge is -2.27. The van der Waals surface area contributed by atoms with Crippen molar-refractivity contribution in [2.24, 2.45) is 0 Å². The van der Waals surface area contributed by atoms with Crippen LogP contribution in [0.3, 0.4) is 0 Å². The van der Waals surface area contributed by atoms with Gasteiger partial charge in [-0.05, 0) is 55.8 Å². The minimum absolute atomic E-state index is 0.776. The first kappa shape index (κ1) is 14.1. The summed E-state index contributed by atoms with van der Waals surface area (Å²) in [6.45, 7) is 7.92. The van der Waals surface area contributed by atoms with Crippen LogP contribution in [-0.2, 0) is 5.60 Å². The van der Waals surface area contributed by atoms with Gasteiger partial charge in [0.15, 0.2) is 0 Å². The SMILES string of the molecule is COc1c(C(C)(O)c2sccc2C)ccc(C)c1C. The molecule has 0 saturated carbocycles. The topological polar surface area (TPSA) is 29.5 Å². The molecule has 1 unspecified atom stereocenters. The molecule has 0 aliphatic carbocycles. The molecular formula is C16H20O2S. The summed E-state index contributed by atoms with van der Waals surface area (Å²) in [7, 11) is 1.66. The number of benzene rings is 1. The summed E-state index contributed by atoms with van der Waals surface area (Å²) in [6.07, 6.45) is 0. The molecule has 19 heavy (non-hydrogen) atoms. The Morgan fingerprint density at radius 1 is 1.11 bits per heavy atom. The first-order valence-corrected chi connectivity index (χ1v) is 7.19. The number of methoxy groups -OCH3 is 1. The molecule has 2 rings (SSSR count). The van der Waals surface area contributed by atoms with Crippen molar-refractivity contribution >= 4 is 11.3 Å². The van der Waals surface area contributed by atoms with Crippen molar-refractivity contribution in [3.63, 3.8) is 0 Å². The quantitative estimate of drug-likeness (QED) is 0.920. The number of aryl methyl sites for hydroxylation is 2. The third-order valence-corrected chi connectivity index (χ3v) is 4.94. The van der Waals surface area contributed by atoms with Gasteiger partial charge in [0.05, 0.1) is 7.11 Å². The number of hydrogen-bond donors (Lipinski definition) is 1. The summed E-state index contributed by atoms with van der Waals surface area (Å²) < 4.78 is 5.53. The molecule has 0 saturated heterocycles. The molecular weight excluding hydrogens is 256 g/mol. The third kappa shape index (κ3) is 2.28. The predicted molar refractivity (Wildman–Crippen MR) is 80.2 cm³/mol. The molecule has 1 atom stereocenters. The van der Waals surface area contributed by atoms with Crippen LogP contribution in [0.2, 0.25) is 0 Å². The molecule has 0 fully saturated rings. The van der Waals surface area contributed by atoms with E-state index in [0.29, 0.717) is 0 Å². The van der Waals surface area contributed by atoms with Gasteiger partial charge in [-0.1, -0.05) is 12.1 Å². The highest BCUT2D eigenvalue weighted by Gasteiger charge is 2.32. The van der Waals surface area contributed by atoms with Gasteiger partial charge in [0.1, 0.15) is 11.4 Å². The second-order valence-electron chi connectivity index (χ2n) is 5.09. The van der Waals surface area contributed by atoms with E-state index in [-0.39, 0.29) is 0 Å². The van der Waals surface area contributed by atoms with Crippen molar-refractivity contribution in [1.29, 1.82) is 0 Å². The molecule has 1 N–H and O–H groups in total. The van der Waals surface area contributed by atoms with Crippen molar-refractivity contribution in [3.05, 3.63) is 50.7 Å². The zero-order valence-corrected chi connectivity index (χ0v) is 12.9. The molecule has 0 aliphatic rings. The molecule has 2 nitrogen and oxygen atoms in total. The molecule has 1 aromatic carbocycles. The summed E-state index contributed by atoms with van der Waals surface area (Å²) >= 11 is 1.58. The molecule has 2 aromatic rings. The van der Waals surface area contributed by atoms with Gasteiger partial charge in [-0.25, -0.2) is 0 Å². The molecule has 0 spiro atoms. The predicted octanol–water partition coefficient (Wildman–Crippen LogP) is 3.94. The fraction of sp³-hybridized carbons (Fsp3) is 0.375. The molecule has 102 valence electrons. The zero-order valence-electron chi connectivity index (χ0n) is 12.1. The Bertz CT molecular complexity index is 597. The summed E-state index contributed by atoms with van der Waals surface area (Å²) in [6, 6.07) is 6.02. The van der Waals surface area contributed by atoms with Crippen molar-refractivity contribution in [2.75, 3.05) is 7.11 Å². The highest BCUT2D eigenvalue weighted by atomic mass is 32.1. The summed E-state index contributed by atoms with van der Waals surface area (Å²) in [5.41, 5.74) is 3.15. The van der Waals surface area contributed by atoms with Crippen molar-refractivity contribution in [1.82, 2.24) is 0 Å². The lowest BCUT2D eigenvalue weighted by atomic mass is 9.89. The maximum atomic E-state index is 11.0. The van der Waals surface area contributed by atoms with Crippen molar-refractivity contribution < 1.29 is 9.84 Å². The van der Waals surface area contributed by atoms with Crippen LogP contribution in [0.1, 0.15) is 34.1 Å². The van der Waals surface area contributed by atoms with E-state index in [2.05, 4.69) is 0 Å². The maximum absolute atomic E-state index is 11.0. The Kier molecular flexibility index (Phi) is 3.70. The first-order valence-electron chi connectivity index (χ1n) is 6.31. The van der Waals surface area contributed by atoms with Crippen LogP contribution < -0.4 is 4.74 Å². The van der Waals surface area contributed by atoms with Crippen LogP contribution >= 0.6 is 11.3 Å². The van der Waals surface area contributed by atoms with E-state index in [9.17, 15) is 5.11 Å². The minimum atomic E-state index is -1.03. The van der Waals surface area contributed by atoms with Crippen molar-refractivity contribution in [2.45, 2.75) is 33.3 Å². The third-order valence-electron chi connectivity index (χ3n) is 3.71. The van der Waals surface area contributed by atoms with Crippen LogP contribution in [0.5, 0.6) is 5.75 Å². The maximum Gasteiger partial charge on any atom is 0.128 e. The molecule has 0 aliphatic heterocycles. The van der Waals surface area contributed by atoms with Crippen LogP contribution in [0.4, 0.5) is 0 Å². The largest absolute Gasteiger partial charge is 0.496 e. The zero-order chi connectivity index (χ0) is 14.2. The number of hydrogen-bond acceptors (Lipinski definition) is 3. The van der Waals surface area contributed by atoms with Gasteiger partial charge >= 0.3 is 0 Å². The van der Waals surface area contributed by atoms with Gasteiger partial charge in [0, 0.05) is 10.4 Å². The Labute approximate surface area is 118 Å². The van der Waals surface area contributed by atoms with Crippen LogP contribution in [-0.4, -0.2) is 12.2 Å². The van der Waals surface area contributed by atoms with Gasteiger partial charge in [-0.2, -0.15) is 0 Å². The van der Waals surface area contributed by atoms with Gasteiger partial charge in [-0.15, -0.1) is 11.3 Å². The number of ether oxygens (including phenoxy) is 1. The fourth-order valence-electron chi connectivity index (χ4n) is 2.43. The van der Waals surface area contributed by atoms with Gasteiger partial charge in [0.2, 0.25) is 0 Å². The van der Waals surface area contributed by atoms with E-state index in [1.165, 1.54) is 5.56 Å². The molecule has 1 heterocycles. The minimum Gasteiger partial charge on any atom is -0.496 e. The Morgan fingerprint density at radius 3 is 2.32 bits per heavy atom. The van der Waals surface area contributed by atoms with Crippen molar-refractivity contribution in [3.8, 4) is 5.75 Å².